The molecule has 2 aromatic carbocycles. The van der Waals surface area contributed by atoms with E-state index in [1.54, 1.807) is 0 Å². The Balaban J connectivity index is 1.41. The van der Waals surface area contributed by atoms with Gasteiger partial charge in [0.2, 0.25) is 0 Å². The fraction of sp³-hybridized carbons (Fsp3) is 0.182. The van der Waals surface area contributed by atoms with Gasteiger partial charge in [-0.05, 0) is 42.0 Å². The number of aromatic nitrogens is 3. The van der Waals surface area contributed by atoms with Crippen molar-refractivity contribution in [3.8, 4) is 5.69 Å². The first-order valence-corrected chi connectivity index (χ1v) is 9.28. The molecule has 6 heteroatoms. The van der Waals surface area contributed by atoms with Crippen LogP contribution in [0, 0.1) is 0 Å². The van der Waals surface area contributed by atoms with Gasteiger partial charge < -0.3 is 15.3 Å². The van der Waals surface area contributed by atoms with Gasteiger partial charge in [0.15, 0.2) is 0 Å². The maximum atomic E-state index is 9.02. The number of para-hydroxylation sites is 2. The number of benzene rings is 2. The van der Waals surface area contributed by atoms with Crippen molar-refractivity contribution in [1.82, 2.24) is 14.5 Å². The molecule has 0 aliphatic carbocycles. The molecule has 4 aromatic rings. The average Bonchev–Trinajstić information content (AvgIpc) is 3.17. The molecule has 0 aliphatic rings. The van der Waals surface area contributed by atoms with Gasteiger partial charge in [-0.1, -0.05) is 24.3 Å². The molecule has 4 rings (SSSR count). The van der Waals surface area contributed by atoms with E-state index in [4.69, 9.17) is 5.11 Å². The number of fused-ring (bicyclic) bond motifs is 1. The van der Waals surface area contributed by atoms with E-state index in [1.807, 2.05) is 54.8 Å². The Morgan fingerprint density at radius 3 is 2.57 bits per heavy atom. The molecule has 2 heterocycles. The molecule has 0 aliphatic heterocycles. The van der Waals surface area contributed by atoms with Gasteiger partial charge >= 0.3 is 0 Å². The van der Waals surface area contributed by atoms with Gasteiger partial charge in [-0.2, -0.15) is 0 Å². The molecule has 0 saturated carbocycles. The molecule has 0 fully saturated rings. The Kier molecular flexibility index (Phi) is 5.21. The summed E-state index contributed by atoms with van der Waals surface area (Å²) in [6.45, 7) is 1.41. The highest BCUT2D eigenvalue weighted by Crippen LogP contribution is 2.19. The Bertz CT molecular complexity index is 1040. The standard InChI is InChI=1S/C22H23N5O/c1-26(12-13-28)19-10-11-22(24-15-19)23-14-17-6-8-18(9-7-17)27-16-25-20-4-2-3-5-21(20)27/h2-11,15-16,28H,12-14H2,1H3,(H,23,24). The molecular weight excluding hydrogens is 350 g/mol. The highest BCUT2D eigenvalue weighted by atomic mass is 16.3. The number of anilines is 2. The molecule has 0 unspecified atom stereocenters. The molecule has 2 N–H and O–H groups in total. The zero-order valence-corrected chi connectivity index (χ0v) is 15.8. The smallest absolute Gasteiger partial charge is 0.126 e. The molecule has 0 saturated heterocycles. The van der Waals surface area contributed by atoms with Gasteiger partial charge in [0, 0.05) is 25.8 Å². The summed E-state index contributed by atoms with van der Waals surface area (Å²) >= 11 is 0. The molecule has 6 nitrogen and oxygen atoms in total. The number of nitrogens with zero attached hydrogens (tertiary/aromatic N) is 4. The first-order chi connectivity index (χ1) is 13.7. The Hall–Kier alpha value is -3.38. The van der Waals surface area contributed by atoms with Crippen LogP contribution in [0.1, 0.15) is 5.56 Å². The second-order valence-corrected chi connectivity index (χ2v) is 6.67. The largest absolute Gasteiger partial charge is 0.395 e. The van der Waals surface area contributed by atoms with Crippen LogP contribution in [0.5, 0.6) is 0 Å². The number of nitrogens with one attached hydrogen (secondary N) is 1. The summed E-state index contributed by atoms with van der Waals surface area (Å²) in [6.07, 6.45) is 3.67. The lowest BCUT2D eigenvalue weighted by Crippen LogP contribution is -2.21. The van der Waals surface area contributed by atoms with Crippen LogP contribution >= 0.6 is 0 Å². The molecule has 0 amide bonds. The normalized spacial score (nSPS) is 10.9. The number of pyridine rings is 1. The third kappa shape index (κ3) is 3.82. The van der Waals surface area contributed by atoms with Crippen molar-refractivity contribution in [3.63, 3.8) is 0 Å². The van der Waals surface area contributed by atoms with Gasteiger partial charge in [-0.25, -0.2) is 9.97 Å². The van der Waals surface area contributed by atoms with Crippen LogP contribution in [0.15, 0.2) is 73.2 Å². The molecular formula is C22H23N5O. The summed E-state index contributed by atoms with van der Waals surface area (Å²) in [5.41, 5.74) is 5.34. The third-order valence-electron chi connectivity index (χ3n) is 4.77. The molecule has 0 atom stereocenters. The van der Waals surface area contributed by atoms with E-state index in [0.717, 1.165) is 28.2 Å². The molecule has 28 heavy (non-hydrogen) atoms. The lowest BCUT2D eigenvalue weighted by atomic mass is 10.2. The van der Waals surface area contributed by atoms with Crippen molar-refractivity contribution >= 4 is 22.5 Å². The van der Waals surface area contributed by atoms with Crippen LogP contribution in [0.3, 0.4) is 0 Å². The summed E-state index contributed by atoms with van der Waals surface area (Å²) in [5.74, 6) is 0.825. The van der Waals surface area contributed by atoms with E-state index in [-0.39, 0.29) is 6.61 Å². The van der Waals surface area contributed by atoms with Crippen LogP contribution in [0.25, 0.3) is 16.7 Å². The van der Waals surface area contributed by atoms with Gasteiger partial charge in [-0.15, -0.1) is 0 Å². The van der Waals surface area contributed by atoms with E-state index in [9.17, 15) is 0 Å². The number of rotatable bonds is 7. The zero-order chi connectivity index (χ0) is 19.3. The molecule has 0 radical (unpaired) electrons. The maximum Gasteiger partial charge on any atom is 0.126 e. The Labute approximate surface area is 164 Å². The molecule has 142 valence electrons. The van der Waals surface area contributed by atoms with E-state index in [2.05, 4.69) is 50.2 Å². The number of aliphatic hydroxyl groups excluding tert-OH is 1. The van der Waals surface area contributed by atoms with Crippen LogP contribution in [0.4, 0.5) is 11.5 Å². The Morgan fingerprint density at radius 2 is 1.82 bits per heavy atom. The van der Waals surface area contributed by atoms with Crippen LogP contribution in [-0.2, 0) is 6.54 Å². The number of likely N-dealkylation sites (N-methyl/N-ethyl adjacent to an activating group) is 1. The van der Waals surface area contributed by atoms with E-state index < -0.39 is 0 Å². The SMILES string of the molecule is CN(CCO)c1ccc(NCc2ccc(-n3cnc4ccccc43)cc2)nc1. The van der Waals surface area contributed by atoms with Gasteiger partial charge in [0.05, 0.1) is 29.5 Å². The van der Waals surface area contributed by atoms with Crippen molar-refractivity contribution < 1.29 is 5.11 Å². The second kappa shape index (κ2) is 8.10. The van der Waals surface area contributed by atoms with Crippen molar-refractivity contribution in [1.29, 1.82) is 0 Å². The van der Waals surface area contributed by atoms with E-state index in [0.29, 0.717) is 13.1 Å². The second-order valence-electron chi connectivity index (χ2n) is 6.67. The number of aliphatic hydroxyl groups is 1. The van der Waals surface area contributed by atoms with E-state index in [1.165, 1.54) is 5.56 Å². The predicted octanol–water partition coefficient (Wildman–Crippen LogP) is 3.46. The first kappa shape index (κ1) is 18.0. The average molecular weight is 373 g/mol. The summed E-state index contributed by atoms with van der Waals surface area (Å²) < 4.78 is 2.09. The summed E-state index contributed by atoms with van der Waals surface area (Å²) in [5, 5.41) is 12.4. The molecule has 2 aromatic heterocycles. The van der Waals surface area contributed by atoms with Gasteiger partial charge in [0.25, 0.3) is 0 Å². The summed E-state index contributed by atoms with van der Waals surface area (Å²) in [7, 11) is 1.94. The summed E-state index contributed by atoms with van der Waals surface area (Å²) in [4.78, 5) is 10.9. The monoisotopic (exact) mass is 373 g/mol. The minimum Gasteiger partial charge on any atom is -0.395 e. The van der Waals surface area contributed by atoms with Gasteiger partial charge in [-0.3, -0.25) is 4.57 Å². The fourth-order valence-electron chi connectivity index (χ4n) is 3.13. The van der Waals surface area contributed by atoms with Crippen molar-refractivity contribution in [2.24, 2.45) is 0 Å². The number of hydrogen-bond donors (Lipinski definition) is 2. The highest BCUT2D eigenvalue weighted by Gasteiger charge is 2.04. The van der Waals surface area contributed by atoms with Crippen LogP contribution in [-0.4, -0.2) is 39.8 Å². The third-order valence-corrected chi connectivity index (χ3v) is 4.77. The zero-order valence-electron chi connectivity index (χ0n) is 15.8. The van der Waals surface area contributed by atoms with Crippen LogP contribution < -0.4 is 10.2 Å². The predicted molar refractivity (Wildman–Crippen MR) is 113 cm³/mol. The lowest BCUT2D eigenvalue weighted by Gasteiger charge is -2.17. The number of hydrogen-bond acceptors (Lipinski definition) is 5. The fourth-order valence-corrected chi connectivity index (χ4v) is 3.13. The highest BCUT2D eigenvalue weighted by molar-refractivity contribution is 5.77. The minimum absolute atomic E-state index is 0.126. The molecule has 0 bridgehead atoms. The summed E-state index contributed by atoms with van der Waals surface area (Å²) in [6, 6.07) is 20.5. The minimum atomic E-state index is 0.126. The molecule has 0 spiro atoms. The first-order valence-electron chi connectivity index (χ1n) is 9.28. The van der Waals surface area contributed by atoms with Gasteiger partial charge in [0.1, 0.15) is 12.1 Å². The Morgan fingerprint density at radius 1 is 1.00 bits per heavy atom. The quantitative estimate of drug-likeness (QED) is 0.519. The van der Waals surface area contributed by atoms with Crippen LogP contribution in [0.2, 0.25) is 0 Å². The maximum absolute atomic E-state index is 9.02. The van der Waals surface area contributed by atoms with Crippen molar-refractivity contribution in [3.05, 3.63) is 78.8 Å². The van der Waals surface area contributed by atoms with Crippen molar-refractivity contribution in [2.75, 3.05) is 30.4 Å². The topological polar surface area (TPSA) is 66.2 Å². The lowest BCUT2D eigenvalue weighted by molar-refractivity contribution is 0.304. The van der Waals surface area contributed by atoms with E-state index >= 15 is 0 Å². The van der Waals surface area contributed by atoms with Crippen molar-refractivity contribution in [2.45, 2.75) is 6.54 Å². The number of imidazole rings is 1.